The van der Waals surface area contributed by atoms with Gasteiger partial charge in [0.1, 0.15) is 0 Å². The van der Waals surface area contributed by atoms with Crippen molar-refractivity contribution < 1.29 is 4.79 Å². The van der Waals surface area contributed by atoms with E-state index in [2.05, 4.69) is 5.32 Å². The Labute approximate surface area is 90.8 Å². The van der Waals surface area contributed by atoms with E-state index >= 15 is 0 Å². The van der Waals surface area contributed by atoms with Crippen molar-refractivity contribution in [1.82, 2.24) is 10.2 Å². The molecule has 2 amide bonds. The topological polar surface area (TPSA) is 58.4 Å². The first kappa shape index (κ1) is 13.2. The van der Waals surface area contributed by atoms with Gasteiger partial charge >= 0.3 is 6.03 Å². The summed E-state index contributed by atoms with van der Waals surface area (Å²) in [4.78, 5) is 13.5. The van der Waals surface area contributed by atoms with Gasteiger partial charge in [0.15, 0.2) is 0 Å². The molecule has 0 radical (unpaired) electrons. The van der Waals surface area contributed by atoms with Gasteiger partial charge in [-0.3, -0.25) is 0 Å². The molecular weight excluding hydrogens is 198 g/mol. The maximum Gasteiger partial charge on any atom is 0.317 e. The molecule has 0 unspecified atom stereocenters. The van der Waals surface area contributed by atoms with E-state index in [1.165, 1.54) is 0 Å². The van der Waals surface area contributed by atoms with Crippen LogP contribution < -0.4 is 11.1 Å². The molecule has 0 rings (SSSR count). The number of nitrogens with one attached hydrogen (secondary N) is 1. The largest absolute Gasteiger partial charge is 0.393 e. The lowest BCUT2D eigenvalue weighted by atomic mass is 10.1. The van der Waals surface area contributed by atoms with Crippen LogP contribution in [-0.2, 0) is 0 Å². The summed E-state index contributed by atoms with van der Waals surface area (Å²) in [5.41, 5.74) is 5.13. The summed E-state index contributed by atoms with van der Waals surface area (Å²) >= 11 is 4.73. The predicted molar refractivity (Wildman–Crippen MR) is 62.3 cm³/mol. The fourth-order valence-corrected chi connectivity index (χ4v) is 0.887. The SMILES string of the molecule is CN(CCC(N)=S)C(=O)NC(C)(C)C. The molecule has 0 atom stereocenters. The maximum atomic E-state index is 11.5. The molecule has 0 saturated heterocycles. The number of hydrogen-bond acceptors (Lipinski definition) is 2. The molecule has 0 aliphatic carbocycles. The fourth-order valence-electron chi connectivity index (χ4n) is 0.796. The Balaban J connectivity index is 3.94. The summed E-state index contributed by atoms with van der Waals surface area (Å²) in [7, 11) is 1.72. The third kappa shape index (κ3) is 6.65. The van der Waals surface area contributed by atoms with Crippen molar-refractivity contribution in [2.24, 2.45) is 5.73 Å². The summed E-state index contributed by atoms with van der Waals surface area (Å²) in [5, 5.41) is 2.85. The quantitative estimate of drug-likeness (QED) is 0.696. The van der Waals surface area contributed by atoms with Gasteiger partial charge in [0.2, 0.25) is 0 Å². The standard InChI is InChI=1S/C9H19N3OS/c1-9(2,3)11-8(13)12(4)6-5-7(10)14/h5-6H2,1-4H3,(H2,10,14)(H,11,13). The summed E-state index contributed by atoms with van der Waals surface area (Å²) in [5.74, 6) is 0. The molecule has 0 spiro atoms. The van der Waals surface area contributed by atoms with Crippen molar-refractivity contribution in [3.8, 4) is 0 Å². The second-order valence-corrected chi connectivity index (χ2v) is 4.84. The predicted octanol–water partition coefficient (Wildman–Crippen LogP) is 1.10. The summed E-state index contributed by atoms with van der Waals surface area (Å²) < 4.78 is 0. The molecule has 0 heterocycles. The molecule has 0 saturated carbocycles. The Kier molecular flexibility index (Phi) is 4.83. The van der Waals surface area contributed by atoms with E-state index in [1.807, 2.05) is 20.8 Å². The summed E-state index contributed by atoms with van der Waals surface area (Å²) in [6.45, 7) is 6.36. The number of nitrogens with two attached hydrogens (primary N) is 1. The molecule has 0 aliphatic heterocycles. The number of thiocarbonyl (C=S) groups is 1. The van der Waals surface area contributed by atoms with Gasteiger partial charge in [-0.15, -0.1) is 0 Å². The van der Waals surface area contributed by atoms with E-state index in [4.69, 9.17) is 18.0 Å². The molecule has 5 heteroatoms. The van der Waals surface area contributed by atoms with Gasteiger partial charge in [0.25, 0.3) is 0 Å². The Morgan fingerprint density at radius 2 is 2.00 bits per heavy atom. The molecule has 0 aliphatic rings. The molecule has 0 fully saturated rings. The lowest BCUT2D eigenvalue weighted by Gasteiger charge is -2.25. The van der Waals surface area contributed by atoms with E-state index in [1.54, 1.807) is 11.9 Å². The normalized spacial score (nSPS) is 10.9. The minimum atomic E-state index is -0.214. The first-order valence-electron chi connectivity index (χ1n) is 4.54. The van der Waals surface area contributed by atoms with Crippen LogP contribution in [0.1, 0.15) is 27.2 Å². The van der Waals surface area contributed by atoms with Gasteiger partial charge in [0.05, 0.1) is 4.99 Å². The first-order valence-corrected chi connectivity index (χ1v) is 4.95. The summed E-state index contributed by atoms with van der Waals surface area (Å²) in [6, 6.07) is -0.103. The van der Waals surface area contributed by atoms with Crippen LogP contribution in [0.3, 0.4) is 0 Å². The lowest BCUT2D eigenvalue weighted by molar-refractivity contribution is 0.200. The average molecular weight is 217 g/mol. The van der Waals surface area contributed by atoms with Gasteiger partial charge in [-0.1, -0.05) is 12.2 Å². The van der Waals surface area contributed by atoms with Crippen molar-refractivity contribution in [3.63, 3.8) is 0 Å². The van der Waals surface area contributed by atoms with Gasteiger partial charge < -0.3 is 16.0 Å². The zero-order valence-electron chi connectivity index (χ0n) is 9.26. The Morgan fingerprint density at radius 3 is 2.36 bits per heavy atom. The number of carbonyl (C=O) groups is 1. The van der Waals surface area contributed by atoms with Crippen molar-refractivity contribution in [2.45, 2.75) is 32.7 Å². The highest BCUT2D eigenvalue weighted by atomic mass is 32.1. The van der Waals surface area contributed by atoms with Crippen LogP contribution in [0.2, 0.25) is 0 Å². The van der Waals surface area contributed by atoms with Gasteiger partial charge in [-0.2, -0.15) is 0 Å². The molecule has 0 aromatic heterocycles. The van der Waals surface area contributed by atoms with Crippen molar-refractivity contribution in [3.05, 3.63) is 0 Å². The first-order chi connectivity index (χ1) is 6.22. The number of urea groups is 1. The van der Waals surface area contributed by atoms with E-state index in [0.29, 0.717) is 18.0 Å². The lowest BCUT2D eigenvalue weighted by Crippen LogP contribution is -2.47. The van der Waals surface area contributed by atoms with E-state index in [-0.39, 0.29) is 11.6 Å². The Bertz CT molecular complexity index is 223. The van der Waals surface area contributed by atoms with E-state index in [0.717, 1.165) is 0 Å². The highest BCUT2D eigenvalue weighted by Gasteiger charge is 2.16. The van der Waals surface area contributed by atoms with Crippen LogP contribution in [0.4, 0.5) is 4.79 Å². The van der Waals surface area contributed by atoms with Crippen LogP contribution in [0, 0.1) is 0 Å². The second kappa shape index (κ2) is 5.14. The van der Waals surface area contributed by atoms with Crippen LogP contribution in [0.15, 0.2) is 0 Å². The van der Waals surface area contributed by atoms with E-state index < -0.39 is 0 Å². The van der Waals surface area contributed by atoms with Crippen LogP contribution >= 0.6 is 12.2 Å². The average Bonchev–Trinajstić information content (AvgIpc) is 1.96. The number of nitrogens with zero attached hydrogens (tertiary/aromatic N) is 1. The minimum Gasteiger partial charge on any atom is -0.393 e. The van der Waals surface area contributed by atoms with Crippen LogP contribution in [-0.4, -0.2) is 35.1 Å². The second-order valence-electron chi connectivity index (χ2n) is 4.32. The number of rotatable bonds is 3. The highest BCUT2D eigenvalue weighted by molar-refractivity contribution is 7.80. The molecule has 14 heavy (non-hydrogen) atoms. The number of hydrogen-bond donors (Lipinski definition) is 2. The zero-order chi connectivity index (χ0) is 11.4. The Hall–Kier alpha value is -0.840. The highest BCUT2D eigenvalue weighted by Crippen LogP contribution is 2.00. The zero-order valence-corrected chi connectivity index (χ0v) is 10.1. The molecule has 0 aromatic carbocycles. The van der Waals surface area contributed by atoms with E-state index in [9.17, 15) is 4.79 Å². The minimum absolute atomic E-state index is 0.103. The van der Waals surface area contributed by atoms with Crippen LogP contribution in [0.25, 0.3) is 0 Å². The van der Waals surface area contributed by atoms with Gasteiger partial charge in [0, 0.05) is 25.6 Å². The smallest absolute Gasteiger partial charge is 0.317 e. The van der Waals surface area contributed by atoms with Crippen molar-refractivity contribution in [1.29, 1.82) is 0 Å². The molecule has 3 N–H and O–H groups in total. The Morgan fingerprint density at radius 1 is 1.50 bits per heavy atom. The van der Waals surface area contributed by atoms with Gasteiger partial charge in [-0.25, -0.2) is 4.79 Å². The molecular formula is C9H19N3OS. The fraction of sp³-hybridized carbons (Fsp3) is 0.778. The number of amides is 2. The third-order valence-corrected chi connectivity index (χ3v) is 1.73. The molecule has 82 valence electrons. The monoisotopic (exact) mass is 217 g/mol. The molecule has 0 bridgehead atoms. The van der Waals surface area contributed by atoms with Crippen LogP contribution in [0.5, 0.6) is 0 Å². The summed E-state index contributed by atoms with van der Waals surface area (Å²) in [6.07, 6.45) is 0.559. The van der Waals surface area contributed by atoms with Crippen molar-refractivity contribution in [2.75, 3.05) is 13.6 Å². The third-order valence-electron chi connectivity index (χ3n) is 1.52. The van der Waals surface area contributed by atoms with Gasteiger partial charge in [-0.05, 0) is 20.8 Å². The number of carbonyl (C=O) groups excluding carboxylic acids is 1. The molecule has 0 aromatic rings. The maximum absolute atomic E-state index is 11.5. The molecule has 4 nitrogen and oxygen atoms in total. The van der Waals surface area contributed by atoms with Crippen molar-refractivity contribution >= 4 is 23.2 Å².